The van der Waals surface area contributed by atoms with Crippen molar-refractivity contribution in [3.05, 3.63) is 0 Å². The van der Waals surface area contributed by atoms with Crippen LogP contribution in [0.5, 0.6) is 0 Å². The highest BCUT2D eigenvalue weighted by atomic mass is 16.4. The lowest BCUT2D eigenvalue weighted by atomic mass is 9.96. The molecule has 0 aromatic heterocycles. The van der Waals surface area contributed by atoms with E-state index in [1.165, 1.54) is 0 Å². The maximum Gasteiger partial charge on any atom is 0.222 e. The summed E-state index contributed by atoms with van der Waals surface area (Å²) in [6.07, 6.45) is 3.43. The van der Waals surface area contributed by atoms with Crippen LogP contribution < -0.4 is 5.73 Å². The second kappa shape index (κ2) is 6.47. The molecule has 1 heterocycles. The van der Waals surface area contributed by atoms with Crippen molar-refractivity contribution >= 4 is 11.7 Å². The van der Waals surface area contributed by atoms with Crippen LogP contribution in [-0.4, -0.2) is 34.9 Å². The number of carbonyl (C=O) groups excluding carboxylic acids is 1. The van der Waals surface area contributed by atoms with Crippen molar-refractivity contribution in [3.8, 4) is 0 Å². The van der Waals surface area contributed by atoms with E-state index in [0.29, 0.717) is 18.9 Å². The smallest absolute Gasteiger partial charge is 0.222 e. The molecule has 1 rings (SSSR count). The standard InChI is InChI=1S/C12H23N3O2/c1-3-9(2)7-11(16)15-6-4-5-10(8-15)12(13)14-17/h9-10,17H,3-8H2,1-2H3,(H2,13,14). The minimum Gasteiger partial charge on any atom is -0.409 e. The van der Waals surface area contributed by atoms with Crippen molar-refractivity contribution in [1.82, 2.24) is 4.90 Å². The maximum absolute atomic E-state index is 12.0. The zero-order valence-electron chi connectivity index (χ0n) is 10.7. The topological polar surface area (TPSA) is 78.9 Å². The number of likely N-dealkylation sites (tertiary alicyclic amines) is 1. The van der Waals surface area contributed by atoms with Crippen LogP contribution in [0.1, 0.15) is 39.5 Å². The second-order valence-electron chi connectivity index (χ2n) is 4.92. The van der Waals surface area contributed by atoms with Gasteiger partial charge in [-0.25, -0.2) is 0 Å². The lowest BCUT2D eigenvalue weighted by molar-refractivity contribution is -0.133. The monoisotopic (exact) mass is 241 g/mol. The van der Waals surface area contributed by atoms with Crippen LogP contribution in [0.25, 0.3) is 0 Å². The Bertz CT molecular complexity index is 291. The molecule has 0 radical (unpaired) electrons. The predicted octanol–water partition coefficient (Wildman–Crippen LogP) is 1.41. The van der Waals surface area contributed by atoms with Crippen LogP contribution in [0.15, 0.2) is 5.16 Å². The van der Waals surface area contributed by atoms with E-state index >= 15 is 0 Å². The fourth-order valence-corrected chi connectivity index (χ4v) is 2.10. The number of carbonyl (C=O) groups is 1. The van der Waals surface area contributed by atoms with Gasteiger partial charge in [-0.2, -0.15) is 0 Å². The van der Waals surface area contributed by atoms with E-state index in [9.17, 15) is 4.79 Å². The molecular formula is C12H23N3O2. The molecule has 0 spiro atoms. The van der Waals surface area contributed by atoms with Gasteiger partial charge in [-0.05, 0) is 18.8 Å². The quantitative estimate of drug-likeness (QED) is 0.338. The maximum atomic E-state index is 12.0. The van der Waals surface area contributed by atoms with Crippen molar-refractivity contribution in [2.24, 2.45) is 22.7 Å². The van der Waals surface area contributed by atoms with Gasteiger partial charge < -0.3 is 15.8 Å². The SMILES string of the molecule is CCC(C)CC(=O)N1CCCC(C(N)=NO)C1. The van der Waals surface area contributed by atoms with Gasteiger partial charge in [-0.3, -0.25) is 4.79 Å². The van der Waals surface area contributed by atoms with Gasteiger partial charge in [0.2, 0.25) is 5.91 Å². The number of hydrogen-bond acceptors (Lipinski definition) is 3. The van der Waals surface area contributed by atoms with Gasteiger partial charge in [0.05, 0.1) is 0 Å². The zero-order chi connectivity index (χ0) is 12.8. The normalized spacial score (nSPS) is 23.5. The summed E-state index contributed by atoms with van der Waals surface area (Å²) in [5.74, 6) is 0.863. The fourth-order valence-electron chi connectivity index (χ4n) is 2.10. The largest absolute Gasteiger partial charge is 0.409 e. The number of amides is 1. The molecular weight excluding hydrogens is 218 g/mol. The van der Waals surface area contributed by atoms with Crippen LogP contribution in [-0.2, 0) is 4.79 Å². The summed E-state index contributed by atoms with van der Waals surface area (Å²) < 4.78 is 0. The molecule has 0 bridgehead atoms. The second-order valence-corrected chi connectivity index (χ2v) is 4.92. The molecule has 1 aliphatic rings. The van der Waals surface area contributed by atoms with E-state index in [2.05, 4.69) is 19.0 Å². The lowest BCUT2D eigenvalue weighted by Gasteiger charge is -2.32. The van der Waals surface area contributed by atoms with Gasteiger partial charge in [0.1, 0.15) is 5.84 Å². The van der Waals surface area contributed by atoms with Crippen molar-refractivity contribution in [2.45, 2.75) is 39.5 Å². The average molecular weight is 241 g/mol. The van der Waals surface area contributed by atoms with Crippen molar-refractivity contribution in [2.75, 3.05) is 13.1 Å². The molecule has 0 saturated carbocycles. The number of oxime groups is 1. The summed E-state index contributed by atoms with van der Waals surface area (Å²) in [5.41, 5.74) is 5.60. The molecule has 0 aliphatic carbocycles. The average Bonchev–Trinajstić information content (AvgIpc) is 2.37. The Hall–Kier alpha value is -1.26. The molecule has 1 amide bonds. The van der Waals surface area contributed by atoms with Gasteiger partial charge in [0, 0.05) is 25.4 Å². The number of nitrogens with two attached hydrogens (primary N) is 1. The number of hydrogen-bond donors (Lipinski definition) is 2. The highest BCUT2D eigenvalue weighted by Gasteiger charge is 2.26. The number of piperidine rings is 1. The first-order chi connectivity index (χ1) is 8.08. The zero-order valence-corrected chi connectivity index (χ0v) is 10.7. The Morgan fingerprint density at radius 3 is 2.94 bits per heavy atom. The number of rotatable bonds is 4. The molecule has 1 aliphatic heterocycles. The van der Waals surface area contributed by atoms with E-state index in [4.69, 9.17) is 10.9 Å². The molecule has 2 unspecified atom stereocenters. The minimum absolute atomic E-state index is 0.00892. The summed E-state index contributed by atoms with van der Waals surface area (Å²) in [6.45, 7) is 5.56. The van der Waals surface area contributed by atoms with Crippen LogP contribution in [0.2, 0.25) is 0 Å². The van der Waals surface area contributed by atoms with Crippen molar-refractivity contribution < 1.29 is 10.0 Å². The Morgan fingerprint density at radius 1 is 1.65 bits per heavy atom. The van der Waals surface area contributed by atoms with Gasteiger partial charge in [0.25, 0.3) is 0 Å². The molecule has 5 nitrogen and oxygen atoms in total. The summed E-state index contributed by atoms with van der Waals surface area (Å²) in [6, 6.07) is 0. The van der Waals surface area contributed by atoms with Gasteiger partial charge in [-0.1, -0.05) is 25.4 Å². The lowest BCUT2D eigenvalue weighted by Crippen LogP contribution is -2.44. The van der Waals surface area contributed by atoms with Crippen molar-refractivity contribution in [1.29, 1.82) is 0 Å². The summed E-state index contributed by atoms with van der Waals surface area (Å²) in [7, 11) is 0. The Labute approximate surface area is 103 Å². The highest BCUT2D eigenvalue weighted by Crippen LogP contribution is 2.19. The first-order valence-corrected chi connectivity index (χ1v) is 6.33. The molecule has 17 heavy (non-hydrogen) atoms. The van der Waals surface area contributed by atoms with E-state index < -0.39 is 0 Å². The van der Waals surface area contributed by atoms with E-state index in [1.54, 1.807) is 0 Å². The Morgan fingerprint density at radius 2 is 2.35 bits per heavy atom. The van der Waals surface area contributed by atoms with Crippen LogP contribution in [0.3, 0.4) is 0 Å². The molecule has 2 atom stereocenters. The molecule has 5 heteroatoms. The Balaban J connectivity index is 2.51. The molecule has 1 fully saturated rings. The molecule has 98 valence electrons. The Kier molecular flexibility index (Phi) is 5.25. The molecule has 3 N–H and O–H groups in total. The summed E-state index contributed by atoms with van der Waals surface area (Å²) in [4.78, 5) is 13.9. The fraction of sp³-hybridized carbons (Fsp3) is 0.833. The van der Waals surface area contributed by atoms with Gasteiger partial charge >= 0.3 is 0 Å². The van der Waals surface area contributed by atoms with Crippen LogP contribution >= 0.6 is 0 Å². The van der Waals surface area contributed by atoms with Gasteiger partial charge in [-0.15, -0.1) is 0 Å². The predicted molar refractivity (Wildman–Crippen MR) is 66.8 cm³/mol. The number of nitrogens with zero attached hydrogens (tertiary/aromatic N) is 2. The van der Waals surface area contributed by atoms with Crippen molar-refractivity contribution in [3.63, 3.8) is 0 Å². The third kappa shape index (κ3) is 3.91. The molecule has 0 aromatic rings. The van der Waals surface area contributed by atoms with Crippen LogP contribution in [0, 0.1) is 11.8 Å². The highest BCUT2D eigenvalue weighted by molar-refractivity contribution is 5.84. The van der Waals surface area contributed by atoms with Crippen LogP contribution in [0.4, 0.5) is 0 Å². The summed E-state index contributed by atoms with van der Waals surface area (Å²) >= 11 is 0. The third-order valence-electron chi connectivity index (χ3n) is 3.53. The van der Waals surface area contributed by atoms with Gasteiger partial charge in [0.15, 0.2) is 0 Å². The molecule has 0 aromatic carbocycles. The van der Waals surface area contributed by atoms with E-state index in [0.717, 1.165) is 25.8 Å². The number of amidine groups is 1. The minimum atomic E-state index is 0.00892. The first kappa shape index (κ1) is 13.8. The van der Waals surface area contributed by atoms with E-state index in [-0.39, 0.29) is 17.7 Å². The van der Waals surface area contributed by atoms with E-state index in [1.807, 2.05) is 4.90 Å². The third-order valence-corrected chi connectivity index (χ3v) is 3.53. The summed E-state index contributed by atoms with van der Waals surface area (Å²) in [5, 5.41) is 11.7. The molecule has 1 saturated heterocycles. The first-order valence-electron chi connectivity index (χ1n) is 6.33.